The van der Waals surface area contributed by atoms with Crippen LogP contribution in [0.5, 0.6) is 0 Å². The van der Waals surface area contributed by atoms with E-state index in [4.69, 9.17) is 16.0 Å². The summed E-state index contributed by atoms with van der Waals surface area (Å²) in [4.78, 5) is 26.7. The molecule has 1 atom stereocenters. The third-order valence-electron chi connectivity index (χ3n) is 5.00. The van der Waals surface area contributed by atoms with Crippen LogP contribution in [-0.4, -0.2) is 41.7 Å². The number of hydrogen-bond acceptors (Lipinski definition) is 7. The first-order chi connectivity index (χ1) is 14.6. The Morgan fingerprint density at radius 2 is 1.77 bits per heavy atom. The number of hydrogen-bond donors (Lipinski definition) is 1. The Labute approximate surface area is 182 Å². The monoisotopic (exact) mass is 460 g/mol. The van der Waals surface area contributed by atoms with Gasteiger partial charge in [0, 0.05) is 6.26 Å². The number of amides is 3. The van der Waals surface area contributed by atoms with Crippen molar-refractivity contribution in [1.29, 1.82) is 0 Å². The van der Waals surface area contributed by atoms with Crippen molar-refractivity contribution in [3.05, 3.63) is 65.0 Å². The van der Waals surface area contributed by atoms with Crippen LogP contribution >= 0.6 is 11.6 Å². The fourth-order valence-electron chi connectivity index (χ4n) is 3.27. The van der Waals surface area contributed by atoms with Gasteiger partial charge in [0.25, 0.3) is 5.91 Å². The highest BCUT2D eigenvalue weighted by Gasteiger charge is 2.49. The molecule has 0 spiro atoms. The normalized spacial score (nSPS) is 19.0. The summed E-state index contributed by atoms with van der Waals surface area (Å²) in [5.74, 6) is -0.288. The summed E-state index contributed by atoms with van der Waals surface area (Å²) in [6.45, 7) is 1.32. The first-order valence-electron chi connectivity index (χ1n) is 9.11. The Morgan fingerprint density at radius 1 is 1.10 bits per heavy atom. The van der Waals surface area contributed by atoms with E-state index in [0.29, 0.717) is 16.1 Å². The fraction of sp³-hybridized carbons (Fsp3) is 0.200. The van der Waals surface area contributed by atoms with Gasteiger partial charge in [-0.25, -0.2) is 13.2 Å². The molecule has 3 amide bonds. The lowest BCUT2D eigenvalue weighted by Gasteiger charge is -2.22. The minimum atomic E-state index is -3.38. The maximum Gasteiger partial charge on any atom is 0.325 e. The summed E-state index contributed by atoms with van der Waals surface area (Å²) < 4.78 is 28.9. The zero-order valence-corrected chi connectivity index (χ0v) is 18.1. The molecule has 0 aliphatic carbocycles. The van der Waals surface area contributed by atoms with Gasteiger partial charge in [-0.2, -0.15) is 0 Å². The molecule has 0 saturated carbocycles. The standard InChI is InChI=1S/C20H17ClN4O5S/c1-20(12-7-9-13(10-8-12)31(2,28)29)18(26)25(19(27)22-20)11-16-23-24-17(30-16)14-5-3-4-6-15(14)21/h3-10H,11H2,1-2H3,(H,22,27). The van der Waals surface area contributed by atoms with Crippen molar-refractivity contribution < 1.29 is 22.4 Å². The molecule has 4 rings (SSSR count). The van der Waals surface area contributed by atoms with Crippen molar-refractivity contribution in [2.45, 2.75) is 23.9 Å². The molecule has 1 aliphatic rings. The zero-order chi connectivity index (χ0) is 22.4. The summed E-state index contributed by atoms with van der Waals surface area (Å²) in [5.41, 5.74) is -0.377. The molecule has 3 aromatic rings. The fourth-order valence-corrected chi connectivity index (χ4v) is 4.11. The van der Waals surface area contributed by atoms with Gasteiger partial charge in [0.15, 0.2) is 9.84 Å². The van der Waals surface area contributed by atoms with Crippen LogP contribution in [-0.2, 0) is 26.7 Å². The Kier molecular flexibility index (Phi) is 5.06. The Bertz CT molecular complexity index is 1290. The van der Waals surface area contributed by atoms with Crippen LogP contribution in [0.4, 0.5) is 4.79 Å². The van der Waals surface area contributed by atoms with Crippen molar-refractivity contribution in [1.82, 2.24) is 20.4 Å². The first-order valence-corrected chi connectivity index (χ1v) is 11.4. The molecular weight excluding hydrogens is 444 g/mol. The minimum Gasteiger partial charge on any atom is -0.419 e. The Hall–Kier alpha value is -3.24. The molecular formula is C20H17ClN4O5S. The van der Waals surface area contributed by atoms with Crippen LogP contribution in [0, 0.1) is 0 Å². The lowest BCUT2D eigenvalue weighted by Crippen LogP contribution is -2.40. The number of benzene rings is 2. The molecule has 2 aromatic carbocycles. The molecule has 31 heavy (non-hydrogen) atoms. The smallest absolute Gasteiger partial charge is 0.325 e. The van der Waals surface area contributed by atoms with Crippen molar-refractivity contribution in [3.8, 4) is 11.5 Å². The number of sulfone groups is 1. The number of rotatable bonds is 5. The second-order valence-corrected chi connectivity index (χ2v) is 9.65. The van der Waals surface area contributed by atoms with Crippen LogP contribution in [0.1, 0.15) is 18.4 Å². The number of nitrogens with one attached hydrogen (secondary N) is 1. The van der Waals surface area contributed by atoms with E-state index in [9.17, 15) is 18.0 Å². The van der Waals surface area contributed by atoms with E-state index < -0.39 is 27.3 Å². The van der Waals surface area contributed by atoms with Crippen LogP contribution in [0.2, 0.25) is 5.02 Å². The summed E-state index contributed by atoms with van der Waals surface area (Å²) in [5, 5.41) is 10.9. The molecule has 1 fully saturated rings. The van der Waals surface area contributed by atoms with E-state index >= 15 is 0 Å². The lowest BCUT2D eigenvalue weighted by atomic mass is 9.92. The molecule has 1 N–H and O–H groups in total. The lowest BCUT2D eigenvalue weighted by molar-refractivity contribution is -0.131. The van der Waals surface area contributed by atoms with E-state index in [-0.39, 0.29) is 23.2 Å². The highest BCUT2D eigenvalue weighted by molar-refractivity contribution is 7.90. The van der Waals surface area contributed by atoms with Crippen molar-refractivity contribution >= 4 is 33.4 Å². The maximum absolute atomic E-state index is 13.1. The van der Waals surface area contributed by atoms with Gasteiger partial charge in [0.1, 0.15) is 12.1 Å². The van der Waals surface area contributed by atoms with E-state index in [2.05, 4.69) is 15.5 Å². The van der Waals surface area contributed by atoms with E-state index in [1.807, 2.05) is 0 Å². The number of urea groups is 1. The molecule has 0 radical (unpaired) electrons. The largest absolute Gasteiger partial charge is 0.419 e. The van der Waals surface area contributed by atoms with Gasteiger partial charge in [-0.1, -0.05) is 35.9 Å². The number of halogens is 1. The average Bonchev–Trinajstić information content (AvgIpc) is 3.27. The topological polar surface area (TPSA) is 122 Å². The van der Waals surface area contributed by atoms with Crippen LogP contribution < -0.4 is 5.32 Å². The maximum atomic E-state index is 13.1. The Balaban J connectivity index is 1.57. The third-order valence-corrected chi connectivity index (χ3v) is 6.46. The summed E-state index contributed by atoms with van der Waals surface area (Å²) in [7, 11) is -3.38. The molecule has 2 heterocycles. The predicted molar refractivity (Wildman–Crippen MR) is 111 cm³/mol. The molecule has 1 saturated heterocycles. The molecule has 1 aromatic heterocycles. The van der Waals surface area contributed by atoms with Gasteiger partial charge in [-0.3, -0.25) is 9.69 Å². The summed E-state index contributed by atoms with van der Waals surface area (Å²) >= 11 is 6.14. The molecule has 1 unspecified atom stereocenters. The molecule has 11 heteroatoms. The second-order valence-electron chi connectivity index (χ2n) is 7.22. The molecule has 0 bridgehead atoms. The number of carbonyl (C=O) groups is 2. The van der Waals surface area contributed by atoms with Gasteiger partial charge in [0.05, 0.1) is 15.5 Å². The van der Waals surface area contributed by atoms with Gasteiger partial charge < -0.3 is 9.73 Å². The van der Waals surface area contributed by atoms with E-state index in [1.165, 1.54) is 24.3 Å². The van der Waals surface area contributed by atoms with Crippen LogP contribution in [0.25, 0.3) is 11.5 Å². The number of nitrogens with zero attached hydrogens (tertiary/aromatic N) is 3. The SMILES string of the molecule is CC1(c2ccc(S(C)(=O)=O)cc2)NC(=O)N(Cc2nnc(-c3ccccc3Cl)o2)C1=O. The Morgan fingerprint density at radius 3 is 2.42 bits per heavy atom. The molecule has 160 valence electrons. The number of carbonyl (C=O) groups excluding carboxylic acids is 2. The van der Waals surface area contributed by atoms with Crippen molar-refractivity contribution in [2.24, 2.45) is 0 Å². The number of imide groups is 1. The minimum absolute atomic E-state index is 0.0649. The quantitative estimate of drug-likeness (QED) is 0.580. The highest BCUT2D eigenvalue weighted by Crippen LogP contribution is 2.31. The van der Waals surface area contributed by atoms with E-state index in [1.54, 1.807) is 31.2 Å². The summed E-state index contributed by atoms with van der Waals surface area (Å²) in [6.07, 6.45) is 1.09. The highest BCUT2D eigenvalue weighted by atomic mass is 35.5. The first kappa shape index (κ1) is 21.0. The van der Waals surface area contributed by atoms with Crippen LogP contribution in [0.15, 0.2) is 57.8 Å². The van der Waals surface area contributed by atoms with Gasteiger partial charge in [0.2, 0.25) is 11.8 Å². The molecule has 1 aliphatic heterocycles. The summed E-state index contributed by atoms with van der Waals surface area (Å²) in [6, 6.07) is 12.1. The van der Waals surface area contributed by atoms with E-state index in [0.717, 1.165) is 11.2 Å². The van der Waals surface area contributed by atoms with Gasteiger partial charge in [-0.05, 0) is 36.8 Å². The third kappa shape index (κ3) is 3.79. The van der Waals surface area contributed by atoms with Crippen molar-refractivity contribution in [3.63, 3.8) is 0 Å². The average molecular weight is 461 g/mol. The molecule has 9 nitrogen and oxygen atoms in total. The van der Waals surface area contributed by atoms with Crippen molar-refractivity contribution in [2.75, 3.05) is 6.26 Å². The van der Waals surface area contributed by atoms with Crippen LogP contribution in [0.3, 0.4) is 0 Å². The van der Waals surface area contributed by atoms with Gasteiger partial charge in [-0.15, -0.1) is 10.2 Å². The second kappa shape index (κ2) is 7.47. The number of aromatic nitrogens is 2. The van der Waals surface area contributed by atoms with Gasteiger partial charge >= 0.3 is 6.03 Å². The predicted octanol–water partition coefficient (Wildman–Crippen LogP) is 2.76. The zero-order valence-electron chi connectivity index (χ0n) is 16.5.